The Morgan fingerprint density at radius 1 is 0.978 bits per heavy atom. The van der Waals surface area contributed by atoms with E-state index >= 15 is 0 Å². The van der Waals surface area contributed by atoms with Crippen LogP contribution in [0.15, 0.2) is 52.2 Å². The van der Waals surface area contributed by atoms with Gasteiger partial charge in [0, 0.05) is 72.5 Å². The number of benzene rings is 2. The molecule has 2 aliphatic heterocycles. The maximum absolute atomic E-state index is 13.6. The van der Waals surface area contributed by atoms with Crippen molar-refractivity contribution in [3.05, 3.63) is 69.0 Å². The molecule has 3 aromatic rings. The molecule has 3 heterocycles. The Kier molecular flexibility index (Phi) is 10.1. The summed E-state index contributed by atoms with van der Waals surface area (Å²) in [6, 6.07) is 10.4. The van der Waals surface area contributed by atoms with E-state index in [2.05, 4.69) is 5.32 Å². The van der Waals surface area contributed by atoms with E-state index in [1.54, 1.807) is 30.2 Å². The lowest BCUT2D eigenvalue weighted by molar-refractivity contribution is -0.133. The fourth-order valence-electron chi connectivity index (χ4n) is 6.04. The lowest BCUT2D eigenvalue weighted by Crippen LogP contribution is -2.51. The Balaban J connectivity index is 1.34. The second-order valence-electron chi connectivity index (χ2n) is 11.2. The van der Waals surface area contributed by atoms with E-state index in [-0.39, 0.29) is 42.4 Å². The Bertz CT molecular complexity index is 1760. The van der Waals surface area contributed by atoms with Crippen LogP contribution in [0.5, 0.6) is 17.2 Å². The second kappa shape index (κ2) is 14.2. The molecule has 14 heteroatoms. The Morgan fingerprint density at radius 2 is 1.74 bits per heavy atom. The van der Waals surface area contributed by atoms with Crippen molar-refractivity contribution >= 4 is 28.4 Å². The molecule has 5 rings (SSSR count). The summed E-state index contributed by atoms with van der Waals surface area (Å²) in [6.07, 6.45) is 4.72. The maximum atomic E-state index is 13.6. The molecule has 246 valence electrons. The van der Waals surface area contributed by atoms with Crippen LogP contribution in [-0.4, -0.2) is 94.1 Å². The molecule has 2 aromatic carbocycles. The van der Waals surface area contributed by atoms with Gasteiger partial charge < -0.3 is 29.3 Å². The number of ether oxygens (including phenoxy) is 3. The van der Waals surface area contributed by atoms with Crippen molar-refractivity contribution in [1.29, 1.82) is 0 Å². The van der Waals surface area contributed by atoms with Gasteiger partial charge >= 0.3 is 11.7 Å². The minimum Gasteiger partial charge on any atom is -0.497 e. The highest BCUT2D eigenvalue weighted by molar-refractivity contribution is 7.84. The monoisotopic (exact) mass is 653 g/mol. The van der Waals surface area contributed by atoms with Gasteiger partial charge in [-0.3, -0.25) is 22.9 Å². The van der Waals surface area contributed by atoms with E-state index in [1.165, 1.54) is 31.2 Å². The summed E-state index contributed by atoms with van der Waals surface area (Å²) < 4.78 is 30.4. The predicted octanol–water partition coefficient (Wildman–Crippen LogP) is 2.16. The second-order valence-corrected chi connectivity index (χ2v) is 12.8. The Morgan fingerprint density at radius 3 is 2.41 bits per heavy atom. The van der Waals surface area contributed by atoms with Crippen molar-refractivity contribution in [2.75, 3.05) is 58.3 Å². The van der Waals surface area contributed by atoms with E-state index in [9.17, 15) is 23.4 Å². The molecule has 13 nitrogen and oxygen atoms in total. The van der Waals surface area contributed by atoms with Crippen molar-refractivity contribution in [1.82, 2.24) is 18.9 Å². The Hall–Kier alpha value is -4.59. The number of nitrogens with one attached hydrogen (secondary N) is 1. The number of amides is 3. The summed E-state index contributed by atoms with van der Waals surface area (Å²) in [5.41, 5.74) is 1.07. The third kappa shape index (κ3) is 6.81. The van der Waals surface area contributed by atoms with Gasteiger partial charge in [0.25, 0.3) is 5.56 Å². The van der Waals surface area contributed by atoms with Crippen molar-refractivity contribution in [3.8, 4) is 28.4 Å². The smallest absolute Gasteiger partial charge is 0.331 e. The van der Waals surface area contributed by atoms with Crippen LogP contribution in [0, 0.1) is 0 Å². The molecule has 1 saturated heterocycles. The first-order valence-corrected chi connectivity index (χ1v) is 16.8. The number of piperidine rings is 1. The molecule has 1 aromatic heterocycles. The average Bonchev–Trinajstić information content (AvgIpc) is 3.22. The molecule has 46 heavy (non-hydrogen) atoms. The first-order valence-electron chi connectivity index (χ1n) is 15.0. The fraction of sp³-hybridized carbons (Fsp3) is 0.438. The molecule has 0 bridgehead atoms. The van der Waals surface area contributed by atoms with Gasteiger partial charge in [-0.15, -0.1) is 0 Å². The minimum atomic E-state index is -1.25. The average molecular weight is 654 g/mol. The zero-order valence-corrected chi connectivity index (χ0v) is 27.3. The number of likely N-dealkylation sites (tertiary alicyclic amines) is 1. The van der Waals surface area contributed by atoms with E-state index < -0.39 is 22.0 Å². The number of hydrogen-bond donors (Lipinski definition) is 1. The van der Waals surface area contributed by atoms with Crippen molar-refractivity contribution < 1.29 is 28.0 Å². The fourth-order valence-corrected chi connectivity index (χ4v) is 6.48. The number of fused-ring (bicyclic) bond motifs is 1. The van der Waals surface area contributed by atoms with Crippen LogP contribution in [0.3, 0.4) is 0 Å². The molecule has 1 unspecified atom stereocenters. The number of urea groups is 1. The lowest BCUT2D eigenvalue weighted by atomic mass is 10.0. The summed E-state index contributed by atoms with van der Waals surface area (Å²) in [7, 11) is 3.29. The molecule has 0 radical (unpaired) electrons. The maximum Gasteiger partial charge on any atom is 0.331 e. The summed E-state index contributed by atoms with van der Waals surface area (Å²) in [6.45, 7) is 0.997. The highest BCUT2D eigenvalue weighted by Crippen LogP contribution is 2.36. The molecule has 1 fully saturated rings. The number of hydrogen-bond acceptors (Lipinski definition) is 8. The van der Waals surface area contributed by atoms with Crippen LogP contribution in [-0.2, 0) is 35.1 Å². The van der Waals surface area contributed by atoms with Gasteiger partial charge in [0.1, 0.15) is 12.3 Å². The molecule has 1 N–H and O–H groups in total. The van der Waals surface area contributed by atoms with E-state index in [0.29, 0.717) is 56.0 Å². The van der Waals surface area contributed by atoms with Crippen LogP contribution in [0.2, 0.25) is 0 Å². The Labute approximate surface area is 269 Å². The number of nitrogens with zero attached hydrogens (tertiary/aromatic N) is 4. The largest absolute Gasteiger partial charge is 0.497 e. The SMILES string of the molecule is COc1ccc2c(c1)CCN(C1CCN(C(=O)Cn3cc(-c4cccc(OC)c4OC)c(=O)n(CCS(C)=O)c3=O)CC1)C(=O)N2. The predicted molar refractivity (Wildman–Crippen MR) is 174 cm³/mol. The first-order chi connectivity index (χ1) is 22.1. The molecule has 0 aliphatic carbocycles. The lowest BCUT2D eigenvalue weighted by Gasteiger charge is -2.38. The van der Waals surface area contributed by atoms with E-state index in [1.807, 2.05) is 23.1 Å². The van der Waals surface area contributed by atoms with Gasteiger partial charge in [-0.05, 0) is 49.1 Å². The summed E-state index contributed by atoms with van der Waals surface area (Å²) in [5, 5.41) is 3.00. The van der Waals surface area contributed by atoms with Crippen LogP contribution >= 0.6 is 0 Å². The number of anilines is 1. The van der Waals surface area contributed by atoms with Crippen molar-refractivity contribution in [3.63, 3.8) is 0 Å². The highest BCUT2D eigenvalue weighted by Gasteiger charge is 2.32. The van der Waals surface area contributed by atoms with Gasteiger partial charge in [0.2, 0.25) is 5.91 Å². The van der Waals surface area contributed by atoms with Crippen molar-refractivity contribution in [2.24, 2.45) is 0 Å². The zero-order chi connectivity index (χ0) is 33.0. The third-order valence-corrected chi connectivity index (χ3v) is 9.29. The number of methoxy groups -OCH3 is 3. The van der Waals surface area contributed by atoms with E-state index in [4.69, 9.17) is 14.2 Å². The summed E-state index contributed by atoms with van der Waals surface area (Å²) in [5.74, 6) is 1.26. The molecule has 2 aliphatic rings. The van der Waals surface area contributed by atoms with Crippen molar-refractivity contribution in [2.45, 2.75) is 38.4 Å². The summed E-state index contributed by atoms with van der Waals surface area (Å²) >= 11 is 0. The van der Waals surface area contributed by atoms with Gasteiger partial charge in [-0.25, -0.2) is 9.59 Å². The minimum absolute atomic E-state index is 0.0491. The normalized spacial score (nSPS) is 15.9. The number of carbonyl (C=O) groups is 2. The standard InChI is InChI=1S/C32H39N5O8S/c1-43-23-8-9-26-21(18-23)10-15-36(31(40)33-26)22-11-13-34(14-12-22)28(38)20-35-19-25(24-6-5-7-27(44-2)29(24)45-3)30(39)37(32(35)41)16-17-46(4)42/h5-9,18-19,22H,10-17,20H2,1-4H3,(H,33,40). The zero-order valence-electron chi connectivity index (χ0n) is 26.4. The quantitative estimate of drug-likeness (QED) is 0.351. The van der Waals surface area contributed by atoms with Gasteiger partial charge in [0.15, 0.2) is 11.5 Å². The number of para-hydroxylation sites is 1. The van der Waals surface area contributed by atoms with Gasteiger partial charge in [0.05, 0.1) is 26.9 Å². The first kappa shape index (κ1) is 32.8. The number of rotatable bonds is 10. The van der Waals surface area contributed by atoms with Crippen LogP contribution in [0.1, 0.15) is 18.4 Å². The number of carbonyl (C=O) groups excluding carboxylic acids is 2. The van der Waals surface area contributed by atoms with E-state index in [0.717, 1.165) is 21.6 Å². The molecular weight excluding hydrogens is 614 g/mol. The van der Waals surface area contributed by atoms with Crippen LogP contribution in [0.25, 0.3) is 11.1 Å². The third-order valence-electron chi connectivity index (χ3n) is 8.53. The van der Waals surface area contributed by atoms with Gasteiger partial charge in [-0.1, -0.05) is 12.1 Å². The van der Waals surface area contributed by atoms with Crippen LogP contribution in [0.4, 0.5) is 10.5 Å². The van der Waals surface area contributed by atoms with Gasteiger partial charge in [-0.2, -0.15) is 0 Å². The molecule has 0 spiro atoms. The highest BCUT2D eigenvalue weighted by atomic mass is 32.2. The molecule has 3 amide bonds. The van der Waals surface area contributed by atoms with Crippen LogP contribution < -0.4 is 30.8 Å². The topological polar surface area (TPSA) is 141 Å². The molecule has 1 atom stereocenters. The molecular formula is C32H39N5O8S. The molecule has 0 saturated carbocycles. The number of aromatic nitrogens is 2. The summed E-state index contributed by atoms with van der Waals surface area (Å²) in [4.78, 5) is 57.2.